The van der Waals surface area contributed by atoms with Gasteiger partial charge in [0.2, 0.25) is 5.91 Å². The molecule has 1 aliphatic heterocycles. The largest absolute Gasteiger partial charge is 0.365 e. The average molecular weight is 404 g/mol. The summed E-state index contributed by atoms with van der Waals surface area (Å²) in [5.41, 5.74) is 4.55. The van der Waals surface area contributed by atoms with Crippen LogP contribution in [-0.4, -0.2) is 51.8 Å². The minimum absolute atomic E-state index is 0.267. The molecule has 0 unspecified atom stereocenters. The normalized spacial score (nSPS) is 14.2. The van der Waals surface area contributed by atoms with Crippen molar-refractivity contribution in [3.05, 3.63) is 71.7 Å². The zero-order valence-electron chi connectivity index (χ0n) is 17.8. The van der Waals surface area contributed by atoms with Crippen molar-refractivity contribution in [2.24, 2.45) is 0 Å². The molecule has 2 aromatic heterocycles. The highest BCUT2D eigenvalue weighted by Crippen LogP contribution is 2.27. The topological polar surface area (TPSA) is 54.3 Å². The number of piperazine rings is 1. The van der Waals surface area contributed by atoms with Gasteiger partial charge in [-0.1, -0.05) is 36.4 Å². The number of rotatable bonds is 6. The zero-order valence-corrected chi connectivity index (χ0v) is 17.8. The summed E-state index contributed by atoms with van der Waals surface area (Å²) >= 11 is 0. The molecule has 0 atom stereocenters. The second kappa shape index (κ2) is 9.11. The van der Waals surface area contributed by atoms with Crippen LogP contribution in [0.1, 0.15) is 29.8 Å². The first-order chi connectivity index (χ1) is 14.6. The number of anilines is 1. The van der Waals surface area contributed by atoms with Gasteiger partial charge in [-0.05, 0) is 44.4 Å². The first-order valence-electron chi connectivity index (χ1n) is 10.7. The first kappa shape index (κ1) is 20.1. The minimum atomic E-state index is 0.267. The fourth-order valence-electron chi connectivity index (χ4n) is 4.22. The van der Waals surface area contributed by atoms with Crippen molar-refractivity contribution in [3.8, 4) is 5.82 Å². The predicted molar refractivity (Wildman–Crippen MR) is 119 cm³/mol. The van der Waals surface area contributed by atoms with E-state index in [0.29, 0.717) is 6.42 Å². The summed E-state index contributed by atoms with van der Waals surface area (Å²) in [6, 6.07) is 16.2. The lowest BCUT2D eigenvalue weighted by Gasteiger charge is -2.36. The molecule has 6 heteroatoms. The Bertz CT molecular complexity index is 976. The summed E-state index contributed by atoms with van der Waals surface area (Å²) in [5, 5.41) is 4.71. The maximum absolute atomic E-state index is 12.6. The van der Waals surface area contributed by atoms with Gasteiger partial charge in [-0.15, -0.1) is 0 Å². The minimum Gasteiger partial charge on any atom is -0.365 e. The smallest absolute Gasteiger partial charge is 0.222 e. The van der Waals surface area contributed by atoms with Crippen molar-refractivity contribution in [2.45, 2.75) is 33.1 Å². The lowest BCUT2D eigenvalue weighted by atomic mass is 10.1. The van der Waals surface area contributed by atoms with E-state index in [1.54, 1.807) is 6.20 Å². The molecule has 0 N–H and O–H groups in total. The number of hydrogen-bond donors (Lipinski definition) is 0. The van der Waals surface area contributed by atoms with Gasteiger partial charge in [-0.25, -0.2) is 9.67 Å². The lowest BCUT2D eigenvalue weighted by molar-refractivity contribution is -0.131. The first-order valence-corrected chi connectivity index (χ1v) is 10.7. The number of nitrogens with zero attached hydrogens (tertiary/aromatic N) is 5. The van der Waals surface area contributed by atoms with Gasteiger partial charge in [0.25, 0.3) is 0 Å². The SMILES string of the molecule is Cc1nn(-c2ccccn2)c(C)c1N1CCN(C(=O)CCCc2ccccc2)CC1. The molecule has 0 spiro atoms. The van der Waals surface area contributed by atoms with E-state index in [4.69, 9.17) is 5.10 Å². The number of aromatic nitrogens is 3. The Morgan fingerprint density at radius 2 is 1.70 bits per heavy atom. The molecule has 30 heavy (non-hydrogen) atoms. The van der Waals surface area contributed by atoms with Crippen LogP contribution in [0.4, 0.5) is 5.69 Å². The third-order valence-corrected chi connectivity index (χ3v) is 5.77. The predicted octanol–water partition coefficient (Wildman–Crippen LogP) is 3.56. The Morgan fingerprint density at radius 1 is 0.967 bits per heavy atom. The van der Waals surface area contributed by atoms with Crippen molar-refractivity contribution >= 4 is 11.6 Å². The number of hydrogen-bond acceptors (Lipinski definition) is 4. The average Bonchev–Trinajstić information content (AvgIpc) is 3.09. The number of carbonyl (C=O) groups is 1. The molecule has 0 radical (unpaired) electrons. The molecule has 0 saturated carbocycles. The standard InChI is InChI=1S/C24H29N5O/c1-19-24(20(2)29(26-19)22-12-6-7-14-25-22)28-17-15-27(16-18-28)23(30)13-8-11-21-9-4-3-5-10-21/h3-7,9-10,12,14H,8,11,13,15-18H2,1-2H3. The molecule has 4 rings (SSSR count). The number of pyridine rings is 1. The van der Waals surface area contributed by atoms with Gasteiger partial charge in [-0.3, -0.25) is 4.79 Å². The van der Waals surface area contributed by atoms with Gasteiger partial charge in [0.05, 0.1) is 17.1 Å². The van der Waals surface area contributed by atoms with Gasteiger partial charge in [0.15, 0.2) is 5.82 Å². The molecule has 156 valence electrons. The molecule has 1 fully saturated rings. The van der Waals surface area contributed by atoms with E-state index in [1.807, 2.05) is 40.8 Å². The second-order valence-electron chi connectivity index (χ2n) is 7.83. The van der Waals surface area contributed by atoms with Crippen LogP contribution in [-0.2, 0) is 11.2 Å². The second-order valence-corrected chi connectivity index (χ2v) is 7.83. The fourth-order valence-corrected chi connectivity index (χ4v) is 4.22. The van der Waals surface area contributed by atoms with E-state index in [1.165, 1.54) is 5.56 Å². The summed E-state index contributed by atoms with van der Waals surface area (Å²) in [6.45, 7) is 7.32. The third-order valence-electron chi connectivity index (χ3n) is 5.77. The molecule has 1 aliphatic rings. The molecule has 3 aromatic rings. The van der Waals surface area contributed by atoms with E-state index in [0.717, 1.165) is 61.9 Å². The van der Waals surface area contributed by atoms with Gasteiger partial charge in [0.1, 0.15) is 0 Å². The van der Waals surface area contributed by atoms with Gasteiger partial charge in [-0.2, -0.15) is 5.10 Å². The maximum atomic E-state index is 12.6. The van der Waals surface area contributed by atoms with E-state index >= 15 is 0 Å². The summed E-state index contributed by atoms with van der Waals surface area (Å²) in [4.78, 5) is 21.4. The summed E-state index contributed by atoms with van der Waals surface area (Å²) < 4.78 is 1.91. The monoisotopic (exact) mass is 403 g/mol. The Hall–Kier alpha value is -3.15. The maximum Gasteiger partial charge on any atom is 0.222 e. The van der Waals surface area contributed by atoms with Crippen LogP contribution in [0.3, 0.4) is 0 Å². The van der Waals surface area contributed by atoms with Crippen LogP contribution >= 0.6 is 0 Å². The van der Waals surface area contributed by atoms with Crippen LogP contribution < -0.4 is 4.90 Å². The highest BCUT2D eigenvalue weighted by Gasteiger charge is 2.25. The van der Waals surface area contributed by atoms with Crippen LogP contribution in [0.15, 0.2) is 54.7 Å². The Kier molecular flexibility index (Phi) is 6.12. The molecular formula is C24H29N5O. The van der Waals surface area contributed by atoms with E-state index < -0.39 is 0 Å². The van der Waals surface area contributed by atoms with Crippen molar-refractivity contribution < 1.29 is 4.79 Å². The molecule has 1 saturated heterocycles. The van der Waals surface area contributed by atoms with Crippen molar-refractivity contribution in [1.82, 2.24) is 19.7 Å². The zero-order chi connectivity index (χ0) is 20.9. The number of carbonyl (C=O) groups excluding carboxylic acids is 1. The van der Waals surface area contributed by atoms with E-state index in [-0.39, 0.29) is 5.91 Å². The molecule has 1 amide bonds. The lowest BCUT2D eigenvalue weighted by Crippen LogP contribution is -2.49. The number of benzene rings is 1. The third kappa shape index (κ3) is 4.37. The van der Waals surface area contributed by atoms with Crippen LogP contribution in [0, 0.1) is 13.8 Å². The summed E-state index contributed by atoms with van der Waals surface area (Å²) in [6.07, 6.45) is 4.26. The molecule has 0 bridgehead atoms. The Labute approximate surface area is 178 Å². The quantitative estimate of drug-likeness (QED) is 0.632. The van der Waals surface area contributed by atoms with Gasteiger partial charge < -0.3 is 9.80 Å². The van der Waals surface area contributed by atoms with Crippen molar-refractivity contribution in [2.75, 3.05) is 31.1 Å². The molecule has 1 aromatic carbocycles. The van der Waals surface area contributed by atoms with Crippen molar-refractivity contribution in [3.63, 3.8) is 0 Å². The summed E-state index contributed by atoms with van der Waals surface area (Å²) in [5.74, 6) is 1.10. The van der Waals surface area contributed by atoms with E-state index in [9.17, 15) is 4.79 Å². The Balaban J connectivity index is 1.33. The van der Waals surface area contributed by atoms with Crippen LogP contribution in [0.5, 0.6) is 0 Å². The number of aryl methyl sites for hydroxylation is 2. The van der Waals surface area contributed by atoms with Gasteiger partial charge in [0, 0.05) is 38.8 Å². The van der Waals surface area contributed by atoms with Crippen molar-refractivity contribution in [1.29, 1.82) is 0 Å². The molecule has 3 heterocycles. The van der Waals surface area contributed by atoms with Gasteiger partial charge >= 0.3 is 0 Å². The number of amides is 1. The highest BCUT2D eigenvalue weighted by atomic mass is 16.2. The van der Waals surface area contributed by atoms with E-state index in [2.05, 4.69) is 41.1 Å². The van der Waals surface area contributed by atoms with Crippen LogP contribution in [0.2, 0.25) is 0 Å². The molecule has 0 aliphatic carbocycles. The fraction of sp³-hybridized carbons (Fsp3) is 0.375. The summed E-state index contributed by atoms with van der Waals surface area (Å²) in [7, 11) is 0. The Morgan fingerprint density at radius 3 is 2.40 bits per heavy atom. The highest BCUT2D eigenvalue weighted by molar-refractivity contribution is 5.76. The van der Waals surface area contributed by atoms with Crippen LogP contribution in [0.25, 0.3) is 5.82 Å². The molecular weight excluding hydrogens is 374 g/mol. The molecule has 6 nitrogen and oxygen atoms in total.